The minimum Gasteiger partial charge on any atom is -0.445 e. The lowest BCUT2D eigenvalue weighted by Gasteiger charge is -2.16. The zero-order valence-electron chi connectivity index (χ0n) is 12.2. The molecule has 0 aliphatic heterocycles. The van der Waals surface area contributed by atoms with E-state index >= 15 is 0 Å². The van der Waals surface area contributed by atoms with Crippen LogP contribution in [0.1, 0.15) is 17.2 Å². The van der Waals surface area contributed by atoms with E-state index in [2.05, 4.69) is 5.32 Å². The number of nitro groups is 1. The maximum atomic E-state index is 11.8. The molecule has 2 aromatic rings. The summed E-state index contributed by atoms with van der Waals surface area (Å²) in [6.07, 6.45) is -0.675. The Balaban J connectivity index is 1.93. The summed E-state index contributed by atoms with van der Waals surface area (Å²) in [6, 6.07) is 14.1. The summed E-state index contributed by atoms with van der Waals surface area (Å²) in [7, 11) is 0. The highest BCUT2D eigenvalue weighted by molar-refractivity contribution is 5.68. The third kappa shape index (κ3) is 4.79. The summed E-state index contributed by atoms with van der Waals surface area (Å²) in [5.41, 5.74) is 1.34. The third-order valence-electron chi connectivity index (χ3n) is 3.19. The molecule has 0 aliphatic carbocycles. The molecule has 7 nitrogen and oxygen atoms in total. The van der Waals surface area contributed by atoms with Crippen LogP contribution < -0.4 is 5.32 Å². The highest BCUT2D eigenvalue weighted by Gasteiger charge is 2.16. The second-order valence-electron chi connectivity index (χ2n) is 4.79. The number of rotatable bonds is 6. The number of carbonyl (C=O) groups is 1. The van der Waals surface area contributed by atoms with E-state index in [9.17, 15) is 20.0 Å². The Morgan fingerprint density at radius 2 is 1.83 bits per heavy atom. The first-order valence-corrected chi connectivity index (χ1v) is 6.92. The van der Waals surface area contributed by atoms with Gasteiger partial charge in [0.05, 0.1) is 17.6 Å². The van der Waals surface area contributed by atoms with Crippen molar-refractivity contribution in [3.8, 4) is 0 Å². The number of benzene rings is 2. The number of aliphatic hydroxyl groups excluding tert-OH is 1. The van der Waals surface area contributed by atoms with Gasteiger partial charge in [-0.2, -0.15) is 0 Å². The summed E-state index contributed by atoms with van der Waals surface area (Å²) in [6.45, 7) is -0.233. The molecule has 0 aromatic heterocycles. The van der Waals surface area contributed by atoms with Crippen molar-refractivity contribution in [3.63, 3.8) is 0 Å². The lowest BCUT2D eigenvalue weighted by Crippen LogP contribution is -2.31. The van der Waals surface area contributed by atoms with Gasteiger partial charge in [0.1, 0.15) is 6.61 Å². The smallest absolute Gasteiger partial charge is 0.408 e. The van der Waals surface area contributed by atoms with Gasteiger partial charge in [-0.05, 0) is 11.1 Å². The van der Waals surface area contributed by atoms with Gasteiger partial charge in [-0.25, -0.2) is 4.79 Å². The molecule has 0 aliphatic rings. The zero-order chi connectivity index (χ0) is 16.7. The number of carbonyl (C=O) groups excluding carboxylic acids is 1. The lowest BCUT2D eigenvalue weighted by molar-refractivity contribution is -0.384. The van der Waals surface area contributed by atoms with Crippen molar-refractivity contribution in [3.05, 3.63) is 75.8 Å². The third-order valence-corrected chi connectivity index (χ3v) is 3.19. The van der Waals surface area contributed by atoms with E-state index in [1.54, 1.807) is 0 Å². The van der Waals surface area contributed by atoms with Crippen LogP contribution >= 0.6 is 0 Å². The Morgan fingerprint density at radius 3 is 2.39 bits per heavy atom. The Labute approximate surface area is 132 Å². The van der Waals surface area contributed by atoms with Gasteiger partial charge < -0.3 is 15.2 Å². The predicted molar refractivity (Wildman–Crippen MR) is 82.7 cm³/mol. The first kappa shape index (κ1) is 16.4. The van der Waals surface area contributed by atoms with Crippen LogP contribution in [0.3, 0.4) is 0 Å². The number of hydrogen-bond donors (Lipinski definition) is 2. The van der Waals surface area contributed by atoms with Gasteiger partial charge in [0, 0.05) is 12.1 Å². The van der Waals surface area contributed by atoms with Gasteiger partial charge in [0.2, 0.25) is 0 Å². The number of non-ortho nitro benzene ring substituents is 1. The molecule has 2 aromatic carbocycles. The standard InChI is InChI=1S/C16H16N2O5/c19-10-15(13-6-8-14(9-7-13)18(21)22)17-16(20)23-11-12-4-2-1-3-5-12/h1-9,15,19H,10-11H2,(H,17,20)/t15-/m1/s1. The molecule has 0 unspecified atom stereocenters. The quantitative estimate of drug-likeness (QED) is 0.630. The van der Waals surface area contributed by atoms with Gasteiger partial charge in [-0.3, -0.25) is 10.1 Å². The number of amides is 1. The van der Waals surface area contributed by atoms with Crippen molar-refractivity contribution in [2.24, 2.45) is 0 Å². The molecule has 0 radical (unpaired) electrons. The lowest BCUT2D eigenvalue weighted by atomic mass is 10.1. The summed E-state index contributed by atoms with van der Waals surface area (Å²) in [5, 5.41) is 22.5. The summed E-state index contributed by atoms with van der Waals surface area (Å²) >= 11 is 0. The number of ether oxygens (including phenoxy) is 1. The Morgan fingerprint density at radius 1 is 1.17 bits per heavy atom. The van der Waals surface area contributed by atoms with Crippen LogP contribution in [0.4, 0.5) is 10.5 Å². The van der Waals surface area contributed by atoms with Gasteiger partial charge in [0.15, 0.2) is 0 Å². The fraction of sp³-hybridized carbons (Fsp3) is 0.188. The first-order chi connectivity index (χ1) is 11.1. The minimum absolute atomic E-state index is 0.0582. The van der Waals surface area contributed by atoms with E-state index in [1.165, 1.54) is 24.3 Å². The monoisotopic (exact) mass is 316 g/mol. The van der Waals surface area contributed by atoms with Crippen LogP contribution in [0, 0.1) is 10.1 Å². The van der Waals surface area contributed by atoms with E-state index in [4.69, 9.17) is 4.74 Å². The number of hydrogen-bond acceptors (Lipinski definition) is 5. The molecule has 0 heterocycles. The minimum atomic E-state index is -0.695. The van der Waals surface area contributed by atoms with Crippen LogP contribution in [0.5, 0.6) is 0 Å². The molecular formula is C16H16N2O5. The SMILES string of the molecule is O=C(N[C@H](CO)c1ccc([N+](=O)[O-])cc1)OCc1ccccc1. The fourth-order valence-electron chi connectivity index (χ4n) is 1.97. The molecular weight excluding hydrogens is 300 g/mol. The van der Waals surface area contributed by atoms with E-state index in [-0.39, 0.29) is 18.9 Å². The highest BCUT2D eigenvalue weighted by atomic mass is 16.6. The Kier molecular flexibility index (Phi) is 5.65. The normalized spacial score (nSPS) is 11.5. The van der Waals surface area contributed by atoms with E-state index in [0.717, 1.165) is 5.56 Å². The summed E-state index contributed by atoms with van der Waals surface area (Å²) < 4.78 is 5.07. The topological polar surface area (TPSA) is 102 Å². The van der Waals surface area contributed by atoms with Crippen molar-refractivity contribution in [1.29, 1.82) is 0 Å². The second kappa shape index (κ2) is 7.90. The molecule has 7 heteroatoms. The fourth-order valence-corrected chi connectivity index (χ4v) is 1.97. The predicted octanol–water partition coefficient (Wildman–Crippen LogP) is 2.55. The second-order valence-corrected chi connectivity index (χ2v) is 4.79. The van der Waals surface area contributed by atoms with Crippen molar-refractivity contribution in [1.82, 2.24) is 5.32 Å². The van der Waals surface area contributed by atoms with Crippen molar-refractivity contribution >= 4 is 11.8 Å². The van der Waals surface area contributed by atoms with E-state index in [1.807, 2.05) is 30.3 Å². The molecule has 1 atom stereocenters. The van der Waals surface area contributed by atoms with Crippen LogP contribution in [0.2, 0.25) is 0 Å². The molecule has 2 N–H and O–H groups in total. The van der Waals surface area contributed by atoms with Crippen molar-refractivity contribution in [2.75, 3.05) is 6.61 Å². The summed E-state index contributed by atoms with van der Waals surface area (Å²) in [4.78, 5) is 21.9. The number of nitro benzene ring substituents is 1. The Hall–Kier alpha value is -2.93. The van der Waals surface area contributed by atoms with E-state index in [0.29, 0.717) is 5.56 Å². The van der Waals surface area contributed by atoms with Crippen LogP contribution in [-0.2, 0) is 11.3 Å². The van der Waals surface area contributed by atoms with Crippen LogP contribution in [0.25, 0.3) is 0 Å². The molecule has 0 saturated heterocycles. The zero-order valence-corrected chi connectivity index (χ0v) is 12.2. The number of nitrogens with one attached hydrogen (secondary N) is 1. The van der Waals surface area contributed by atoms with Crippen molar-refractivity contribution < 1.29 is 19.6 Å². The van der Waals surface area contributed by atoms with E-state index < -0.39 is 17.1 Å². The largest absolute Gasteiger partial charge is 0.445 e. The molecule has 0 bridgehead atoms. The molecule has 23 heavy (non-hydrogen) atoms. The number of aliphatic hydroxyl groups is 1. The van der Waals surface area contributed by atoms with Crippen LogP contribution in [-0.4, -0.2) is 22.7 Å². The molecule has 0 spiro atoms. The van der Waals surface area contributed by atoms with Gasteiger partial charge >= 0.3 is 6.09 Å². The highest BCUT2D eigenvalue weighted by Crippen LogP contribution is 2.17. The van der Waals surface area contributed by atoms with Gasteiger partial charge in [-0.15, -0.1) is 0 Å². The van der Waals surface area contributed by atoms with Crippen LogP contribution in [0.15, 0.2) is 54.6 Å². The molecule has 1 amide bonds. The maximum absolute atomic E-state index is 11.8. The molecule has 0 fully saturated rings. The number of nitrogens with zero attached hydrogens (tertiary/aromatic N) is 1. The maximum Gasteiger partial charge on any atom is 0.408 e. The molecule has 0 saturated carbocycles. The van der Waals surface area contributed by atoms with Crippen molar-refractivity contribution in [2.45, 2.75) is 12.6 Å². The summed E-state index contributed by atoms with van der Waals surface area (Å²) in [5.74, 6) is 0. The van der Waals surface area contributed by atoms with Gasteiger partial charge in [-0.1, -0.05) is 42.5 Å². The van der Waals surface area contributed by atoms with Gasteiger partial charge in [0.25, 0.3) is 5.69 Å². The number of alkyl carbamates (subject to hydrolysis) is 1. The average Bonchev–Trinajstić information content (AvgIpc) is 2.59. The molecule has 120 valence electrons. The first-order valence-electron chi connectivity index (χ1n) is 6.92. The molecule has 2 rings (SSSR count). The average molecular weight is 316 g/mol. The Bertz CT molecular complexity index is 658.